The number of benzene rings is 2. The first-order valence-electron chi connectivity index (χ1n) is 8.32. The summed E-state index contributed by atoms with van der Waals surface area (Å²) in [6, 6.07) is 7.86. The molecule has 2 N–H and O–H groups in total. The van der Waals surface area contributed by atoms with Crippen LogP contribution in [-0.4, -0.2) is 30.6 Å². The quantitative estimate of drug-likeness (QED) is 0.594. The van der Waals surface area contributed by atoms with Crippen LogP contribution in [0, 0.1) is 17.0 Å². The van der Waals surface area contributed by atoms with Crippen LogP contribution in [0.1, 0.15) is 12.0 Å². The Kier molecular flexibility index (Phi) is 5.66. The van der Waals surface area contributed by atoms with Gasteiger partial charge in [0, 0.05) is 24.6 Å². The van der Waals surface area contributed by atoms with E-state index in [-0.39, 0.29) is 18.1 Å². The molecule has 0 atom stereocenters. The molecular weight excluding hydrogens is 374 g/mol. The molecule has 0 spiro atoms. The van der Waals surface area contributed by atoms with Gasteiger partial charge in [-0.2, -0.15) is 0 Å². The highest BCUT2D eigenvalue weighted by Crippen LogP contribution is 2.37. The number of carbonyl (C=O) groups excluding carboxylic acids is 1. The summed E-state index contributed by atoms with van der Waals surface area (Å²) in [5.74, 6) is 0.774. The summed E-state index contributed by atoms with van der Waals surface area (Å²) in [6.45, 7) is 2.62. The summed E-state index contributed by atoms with van der Waals surface area (Å²) >= 11 is 6.23. The lowest BCUT2D eigenvalue weighted by Crippen LogP contribution is -2.22. The highest BCUT2D eigenvalue weighted by Gasteiger charge is 2.16. The normalized spacial score (nSPS) is 12.8. The summed E-state index contributed by atoms with van der Waals surface area (Å²) in [5, 5.41) is 17.0. The molecule has 8 nitrogen and oxygen atoms in total. The Labute approximate surface area is 160 Å². The van der Waals surface area contributed by atoms with Crippen molar-refractivity contribution in [2.75, 3.05) is 30.4 Å². The summed E-state index contributed by atoms with van der Waals surface area (Å²) in [7, 11) is 0. The van der Waals surface area contributed by atoms with Gasteiger partial charge in [0.05, 0.1) is 46.6 Å². The largest absolute Gasteiger partial charge is 0.490 e. The standard InChI is InChI=1S/C18H18ClN3O5/c1-11-13(4-2-5-15(11)22(24)25)21-18(23)10-20-14-9-17-16(8-12(14)19)26-6-3-7-27-17/h2,4-5,8-9,20H,3,6-7,10H2,1H3,(H,21,23). The van der Waals surface area contributed by atoms with Gasteiger partial charge in [0.25, 0.3) is 5.69 Å². The van der Waals surface area contributed by atoms with Crippen LogP contribution >= 0.6 is 11.6 Å². The first kappa shape index (κ1) is 18.8. The molecule has 1 heterocycles. The van der Waals surface area contributed by atoms with E-state index in [0.717, 1.165) is 6.42 Å². The van der Waals surface area contributed by atoms with Crippen molar-refractivity contribution < 1.29 is 19.2 Å². The van der Waals surface area contributed by atoms with Crippen LogP contribution < -0.4 is 20.1 Å². The molecule has 0 aliphatic carbocycles. The van der Waals surface area contributed by atoms with Crippen LogP contribution in [0.3, 0.4) is 0 Å². The zero-order chi connectivity index (χ0) is 19.4. The van der Waals surface area contributed by atoms with Crippen LogP contribution in [0.2, 0.25) is 5.02 Å². The minimum absolute atomic E-state index is 0.0493. The molecule has 1 amide bonds. The molecular formula is C18H18ClN3O5. The van der Waals surface area contributed by atoms with E-state index in [0.29, 0.717) is 46.7 Å². The van der Waals surface area contributed by atoms with E-state index < -0.39 is 4.92 Å². The molecule has 2 aromatic rings. The molecule has 0 bridgehead atoms. The van der Waals surface area contributed by atoms with Gasteiger partial charge < -0.3 is 20.1 Å². The molecule has 2 aromatic carbocycles. The molecule has 0 aromatic heterocycles. The summed E-state index contributed by atoms with van der Waals surface area (Å²) in [5.41, 5.74) is 1.27. The van der Waals surface area contributed by atoms with Gasteiger partial charge in [-0.15, -0.1) is 0 Å². The van der Waals surface area contributed by atoms with Gasteiger partial charge in [-0.05, 0) is 13.0 Å². The Morgan fingerprint density at radius 2 is 1.93 bits per heavy atom. The van der Waals surface area contributed by atoms with E-state index in [9.17, 15) is 14.9 Å². The van der Waals surface area contributed by atoms with Crippen LogP contribution in [-0.2, 0) is 4.79 Å². The van der Waals surface area contributed by atoms with Gasteiger partial charge in [0.15, 0.2) is 11.5 Å². The topological polar surface area (TPSA) is 103 Å². The van der Waals surface area contributed by atoms with Crippen LogP contribution in [0.4, 0.5) is 17.1 Å². The molecule has 0 radical (unpaired) electrons. The third kappa shape index (κ3) is 4.40. The average Bonchev–Trinajstić information content (AvgIpc) is 2.86. The molecule has 142 valence electrons. The van der Waals surface area contributed by atoms with Gasteiger partial charge in [-0.3, -0.25) is 14.9 Å². The number of anilines is 2. The Morgan fingerprint density at radius 3 is 2.63 bits per heavy atom. The van der Waals surface area contributed by atoms with Crippen molar-refractivity contribution >= 4 is 34.6 Å². The Bertz CT molecular complexity index is 888. The smallest absolute Gasteiger partial charge is 0.274 e. The number of nitrogens with one attached hydrogen (secondary N) is 2. The Morgan fingerprint density at radius 1 is 1.22 bits per heavy atom. The minimum atomic E-state index is -0.485. The number of hydrogen-bond donors (Lipinski definition) is 2. The van der Waals surface area contributed by atoms with Crippen molar-refractivity contribution in [3.05, 3.63) is 51.0 Å². The lowest BCUT2D eigenvalue weighted by Gasteiger charge is -2.13. The van der Waals surface area contributed by atoms with Crippen molar-refractivity contribution in [1.29, 1.82) is 0 Å². The van der Waals surface area contributed by atoms with Crippen molar-refractivity contribution in [1.82, 2.24) is 0 Å². The minimum Gasteiger partial charge on any atom is -0.490 e. The Hall–Kier alpha value is -3.00. The Balaban J connectivity index is 1.67. The number of hydrogen-bond acceptors (Lipinski definition) is 6. The molecule has 1 aliphatic heterocycles. The van der Waals surface area contributed by atoms with Crippen LogP contribution in [0.15, 0.2) is 30.3 Å². The molecule has 0 unspecified atom stereocenters. The number of halogens is 1. The molecule has 0 fully saturated rings. The molecule has 1 aliphatic rings. The summed E-state index contributed by atoms with van der Waals surface area (Å²) in [6.07, 6.45) is 0.778. The zero-order valence-electron chi connectivity index (χ0n) is 14.6. The van der Waals surface area contributed by atoms with Crippen molar-refractivity contribution in [2.24, 2.45) is 0 Å². The second-order valence-electron chi connectivity index (χ2n) is 5.94. The molecule has 0 saturated heterocycles. The monoisotopic (exact) mass is 391 g/mol. The average molecular weight is 392 g/mol. The first-order valence-corrected chi connectivity index (χ1v) is 8.70. The highest BCUT2D eigenvalue weighted by atomic mass is 35.5. The fourth-order valence-corrected chi connectivity index (χ4v) is 2.87. The fourth-order valence-electron chi connectivity index (χ4n) is 2.65. The van der Waals surface area contributed by atoms with E-state index in [1.54, 1.807) is 25.1 Å². The number of rotatable bonds is 5. The fraction of sp³-hybridized carbons (Fsp3) is 0.278. The third-order valence-corrected chi connectivity index (χ3v) is 4.37. The maximum Gasteiger partial charge on any atom is 0.274 e. The number of nitrogens with zero attached hydrogens (tertiary/aromatic N) is 1. The molecule has 9 heteroatoms. The number of amides is 1. The lowest BCUT2D eigenvalue weighted by atomic mass is 10.1. The lowest BCUT2D eigenvalue weighted by molar-refractivity contribution is -0.385. The van der Waals surface area contributed by atoms with E-state index in [2.05, 4.69) is 10.6 Å². The SMILES string of the molecule is Cc1c(NC(=O)CNc2cc3c(cc2Cl)OCCCO3)cccc1[N+](=O)[O-]. The van der Waals surface area contributed by atoms with Crippen molar-refractivity contribution in [3.8, 4) is 11.5 Å². The summed E-state index contributed by atoms with van der Waals surface area (Å²) in [4.78, 5) is 22.7. The molecule has 0 saturated carbocycles. The van der Waals surface area contributed by atoms with Gasteiger partial charge in [0.1, 0.15) is 0 Å². The maximum absolute atomic E-state index is 12.2. The van der Waals surface area contributed by atoms with E-state index in [1.807, 2.05) is 0 Å². The number of ether oxygens (including phenoxy) is 2. The predicted molar refractivity (Wildman–Crippen MR) is 102 cm³/mol. The van der Waals surface area contributed by atoms with E-state index >= 15 is 0 Å². The number of nitro benzene ring substituents is 1. The highest BCUT2D eigenvalue weighted by molar-refractivity contribution is 6.33. The van der Waals surface area contributed by atoms with Crippen molar-refractivity contribution in [3.63, 3.8) is 0 Å². The molecule has 27 heavy (non-hydrogen) atoms. The van der Waals surface area contributed by atoms with Gasteiger partial charge >= 0.3 is 0 Å². The maximum atomic E-state index is 12.2. The third-order valence-electron chi connectivity index (χ3n) is 4.05. The second-order valence-corrected chi connectivity index (χ2v) is 6.35. The van der Waals surface area contributed by atoms with Gasteiger partial charge in [-0.1, -0.05) is 17.7 Å². The predicted octanol–water partition coefficient (Wildman–Crippen LogP) is 3.77. The van der Waals surface area contributed by atoms with Gasteiger partial charge in [-0.25, -0.2) is 0 Å². The first-order chi connectivity index (χ1) is 13.0. The van der Waals surface area contributed by atoms with Gasteiger partial charge in [0.2, 0.25) is 5.91 Å². The zero-order valence-corrected chi connectivity index (χ0v) is 15.3. The van der Waals surface area contributed by atoms with Crippen molar-refractivity contribution in [2.45, 2.75) is 13.3 Å². The number of nitro groups is 1. The summed E-state index contributed by atoms with van der Waals surface area (Å²) < 4.78 is 11.2. The van der Waals surface area contributed by atoms with Crippen LogP contribution in [0.5, 0.6) is 11.5 Å². The van der Waals surface area contributed by atoms with Crippen LogP contribution in [0.25, 0.3) is 0 Å². The number of fused-ring (bicyclic) bond motifs is 1. The molecule has 3 rings (SSSR count). The second kappa shape index (κ2) is 8.13. The van der Waals surface area contributed by atoms with E-state index in [4.69, 9.17) is 21.1 Å². The number of carbonyl (C=O) groups is 1. The van der Waals surface area contributed by atoms with E-state index in [1.165, 1.54) is 12.1 Å².